The van der Waals surface area contributed by atoms with Gasteiger partial charge in [-0.15, -0.1) is 5.10 Å². The summed E-state index contributed by atoms with van der Waals surface area (Å²) in [5, 5.41) is 23.5. The molecule has 0 saturated heterocycles. The maximum atomic E-state index is 11.9. The van der Waals surface area contributed by atoms with Gasteiger partial charge in [-0.05, 0) is 19.3 Å². The summed E-state index contributed by atoms with van der Waals surface area (Å²) in [6.45, 7) is 1.70. The maximum absolute atomic E-state index is 11.9. The van der Waals surface area contributed by atoms with E-state index in [1.54, 1.807) is 6.20 Å². The second-order valence-electron chi connectivity index (χ2n) is 5.91. The molecule has 0 amide bonds. The van der Waals surface area contributed by atoms with E-state index in [9.17, 15) is 24.0 Å². The summed E-state index contributed by atoms with van der Waals surface area (Å²) in [5.41, 5.74) is 0.481. The van der Waals surface area contributed by atoms with E-state index in [1.807, 2.05) is 0 Å². The number of aliphatic hydroxyl groups excluding tert-OH is 1. The Morgan fingerprint density at radius 1 is 1.10 bits per heavy atom. The number of aliphatic hydroxyl groups is 2. The molecule has 0 radical (unpaired) electrons. The third kappa shape index (κ3) is 7.48. The van der Waals surface area contributed by atoms with Gasteiger partial charge < -0.3 is 47.7 Å². The minimum absolute atomic E-state index is 0.0287. The number of aryl methyl sites for hydroxylation is 1. The molecule has 2 unspecified atom stereocenters. The Balaban J connectivity index is 2.51. The molecule has 1 aromatic rings. The molecule has 0 bridgehead atoms. The van der Waals surface area contributed by atoms with Crippen LogP contribution in [0, 0.1) is 0 Å². The normalized spacial score (nSPS) is 18.1. The van der Waals surface area contributed by atoms with Gasteiger partial charge in [0.15, 0.2) is 20.3 Å². The van der Waals surface area contributed by atoms with Crippen molar-refractivity contribution in [2.24, 2.45) is 0 Å². The zero-order valence-electron chi connectivity index (χ0n) is 16.3. The van der Waals surface area contributed by atoms with Crippen LogP contribution < -0.4 is 9.79 Å². The minimum Gasteiger partial charge on any atom is -0.776 e. The summed E-state index contributed by atoms with van der Waals surface area (Å²) in [7, 11) is -8.78. The highest BCUT2D eigenvalue weighted by molar-refractivity contribution is 7.71. The number of hydrogen-bond donors (Lipinski definition) is 2. The van der Waals surface area contributed by atoms with Crippen molar-refractivity contribution >= 4 is 15.2 Å². The number of aromatic nitrogens is 3. The average Bonchev–Trinajstić information content (AvgIpc) is 3.14. The van der Waals surface area contributed by atoms with Crippen LogP contribution in [0.25, 0.3) is 0 Å². The van der Waals surface area contributed by atoms with E-state index in [1.165, 1.54) is 4.68 Å². The van der Waals surface area contributed by atoms with Crippen molar-refractivity contribution in [1.82, 2.24) is 15.0 Å². The van der Waals surface area contributed by atoms with Gasteiger partial charge in [0.1, 0.15) is 0 Å². The summed E-state index contributed by atoms with van der Waals surface area (Å²) in [6.07, 6.45) is 1.09. The quantitative estimate of drug-likeness (QED) is 0.219. The van der Waals surface area contributed by atoms with E-state index in [0.29, 0.717) is 32.1 Å². The van der Waals surface area contributed by atoms with Gasteiger partial charge in [0.05, 0.1) is 45.3 Å². The van der Waals surface area contributed by atoms with Gasteiger partial charge in [0.2, 0.25) is 0 Å². The first-order valence-corrected chi connectivity index (χ1v) is 11.8. The lowest BCUT2D eigenvalue weighted by Gasteiger charge is -2.45. The lowest BCUT2D eigenvalue weighted by molar-refractivity contribution is -0.230. The standard InChI is InChI=1S/C14H29N3O10P2/c1-24-28(20,21)14(19,29(22,23)25-2)5-3-4-13-12-17(16-15-13)6-8-26-10-11-27-9-7-18/h12,18-19H,3-11H2,1-2H3,(H,20,21)(H,22,23)/p-2. The largest absolute Gasteiger partial charge is 0.776 e. The third-order valence-corrected chi connectivity index (χ3v) is 8.59. The van der Waals surface area contributed by atoms with Crippen molar-refractivity contribution in [3.63, 3.8) is 0 Å². The fourth-order valence-corrected chi connectivity index (χ4v) is 5.47. The molecule has 0 spiro atoms. The maximum Gasteiger partial charge on any atom is 0.191 e. The van der Waals surface area contributed by atoms with Crippen molar-refractivity contribution in [3.05, 3.63) is 11.9 Å². The molecule has 0 aliphatic rings. The Hall–Kier alpha value is -0.720. The van der Waals surface area contributed by atoms with Crippen molar-refractivity contribution in [2.75, 3.05) is 47.3 Å². The summed E-state index contributed by atoms with van der Waals surface area (Å²) in [4.78, 5) is 23.9. The van der Waals surface area contributed by atoms with Crippen molar-refractivity contribution in [2.45, 2.75) is 30.9 Å². The van der Waals surface area contributed by atoms with Crippen LogP contribution in [0.2, 0.25) is 0 Å². The Morgan fingerprint density at radius 3 is 2.24 bits per heavy atom. The van der Waals surface area contributed by atoms with Gasteiger partial charge in [-0.1, -0.05) is 5.21 Å². The molecule has 0 aromatic carbocycles. The topological polar surface area (TPSA) is 188 Å². The highest BCUT2D eigenvalue weighted by atomic mass is 31.2. The zero-order valence-corrected chi connectivity index (χ0v) is 18.1. The monoisotopic (exact) mass is 459 g/mol. The molecule has 29 heavy (non-hydrogen) atoms. The van der Waals surface area contributed by atoms with Gasteiger partial charge in [-0.2, -0.15) is 0 Å². The molecule has 1 rings (SSSR count). The molecule has 2 atom stereocenters. The van der Waals surface area contributed by atoms with E-state index >= 15 is 0 Å². The molecule has 1 heterocycles. The van der Waals surface area contributed by atoms with E-state index in [-0.39, 0.29) is 26.1 Å². The van der Waals surface area contributed by atoms with Crippen LogP contribution in [0.3, 0.4) is 0 Å². The number of rotatable bonds is 16. The Bertz CT molecular complexity index is 677. The summed E-state index contributed by atoms with van der Waals surface area (Å²) in [6, 6.07) is 0. The van der Waals surface area contributed by atoms with Gasteiger partial charge >= 0.3 is 0 Å². The van der Waals surface area contributed by atoms with Crippen LogP contribution in [0.4, 0.5) is 0 Å². The molecule has 0 saturated carbocycles. The minimum atomic E-state index is -5.16. The first-order chi connectivity index (χ1) is 13.6. The SMILES string of the molecule is COP(=O)([O-])C(O)(CCCc1cn(CCOCCOCCO)nn1)P(=O)([O-])OC. The van der Waals surface area contributed by atoms with Gasteiger partial charge in [0, 0.05) is 20.4 Å². The van der Waals surface area contributed by atoms with Gasteiger partial charge in [-0.3, -0.25) is 0 Å². The highest BCUT2D eigenvalue weighted by Gasteiger charge is 2.48. The van der Waals surface area contributed by atoms with Crippen LogP contribution in [-0.4, -0.2) is 77.5 Å². The van der Waals surface area contributed by atoms with Crippen LogP contribution in [0.5, 0.6) is 0 Å². The fourth-order valence-electron chi connectivity index (χ4n) is 2.33. The van der Waals surface area contributed by atoms with Gasteiger partial charge in [-0.25, -0.2) is 4.68 Å². The number of ether oxygens (including phenoxy) is 2. The average molecular weight is 459 g/mol. The second-order valence-corrected chi connectivity index (χ2v) is 10.5. The number of nitrogens with zero attached hydrogens (tertiary/aromatic N) is 3. The summed E-state index contributed by atoms with van der Waals surface area (Å²) < 4.78 is 44.2. The number of hydrogen-bond acceptors (Lipinski definition) is 12. The Kier molecular flexibility index (Phi) is 11.1. The molecule has 170 valence electrons. The molecule has 0 fully saturated rings. The van der Waals surface area contributed by atoms with Crippen LogP contribution in [0.15, 0.2) is 6.20 Å². The van der Waals surface area contributed by atoms with E-state index in [4.69, 9.17) is 14.6 Å². The zero-order chi connectivity index (χ0) is 22.0. The highest BCUT2D eigenvalue weighted by Crippen LogP contribution is 2.69. The van der Waals surface area contributed by atoms with Crippen molar-refractivity contribution in [1.29, 1.82) is 0 Å². The second kappa shape index (κ2) is 12.2. The lowest BCUT2D eigenvalue weighted by atomic mass is 10.2. The predicted octanol–water partition coefficient (Wildman–Crippen LogP) is -1.33. The van der Waals surface area contributed by atoms with E-state index < -0.39 is 26.7 Å². The van der Waals surface area contributed by atoms with Crippen molar-refractivity contribution < 1.29 is 47.7 Å². The molecule has 2 N–H and O–H groups in total. The van der Waals surface area contributed by atoms with E-state index in [0.717, 1.165) is 14.2 Å². The van der Waals surface area contributed by atoms with Crippen molar-refractivity contribution in [3.8, 4) is 0 Å². The van der Waals surface area contributed by atoms with Crippen LogP contribution in [0.1, 0.15) is 18.5 Å². The molecule has 0 aliphatic carbocycles. The Labute approximate surface area is 168 Å². The first kappa shape index (κ1) is 26.3. The molecule has 13 nitrogen and oxygen atoms in total. The summed E-state index contributed by atoms with van der Waals surface area (Å²) in [5.74, 6) is 0. The fraction of sp³-hybridized carbons (Fsp3) is 0.857. The lowest BCUT2D eigenvalue weighted by Crippen LogP contribution is -2.38. The molecule has 15 heteroatoms. The third-order valence-electron chi connectivity index (χ3n) is 3.96. The first-order valence-electron chi connectivity index (χ1n) is 8.75. The summed E-state index contributed by atoms with van der Waals surface area (Å²) >= 11 is 0. The molecule has 0 aliphatic heterocycles. The molecular weight excluding hydrogens is 432 g/mol. The molecule has 1 aromatic heterocycles. The van der Waals surface area contributed by atoms with E-state index in [2.05, 4.69) is 19.4 Å². The van der Waals surface area contributed by atoms with Crippen LogP contribution in [-0.2, 0) is 40.6 Å². The Morgan fingerprint density at radius 2 is 1.69 bits per heavy atom. The van der Waals surface area contributed by atoms with Gasteiger partial charge in [0.25, 0.3) is 0 Å². The molecular formula is C14H27N3O10P2-2. The predicted molar refractivity (Wildman–Crippen MR) is 95.9 cm³/mol. The van der Waals surface area contributed by atoms with Crippen LogP contribution >= 0.6 is 15.2 Å². The smallest absolute Gasteiger partial charge is 0.191 e.